The van der Waals surface area contributed by atoms with Crippen LogP contribution in [0.4, 0.5) is 0 Å². The number of aliphatic carboxylic acids is 1. The Balaban J connectivity index is 4.17. The van der Waals surface area contributed by atoms with Gasteiger partial charge in [0, 0.05) is 12.8 Å². The van der Waals surface area contributed by atoms with Crippen molar-refractivity contribution >= 4 is 17.9 Å². The number of rotatable bonds is 52. The van der Waals surface area contributed by atoms with Crippen LogP contribution in [-0.2, 0) is 33.3 Å². The first kappa shape index (κ1) is 62.3. The van der Waals surface area contributed by atoms with Gasteiger partial charge in [-0.3, -0.25) is 9.59 Å². The third-order valence-corrected chi connectivity index (χ3v) is 12.6. The molecule has 0 heterocycles. The Hall–Kier alpha value is -1.71. The van der Waals surface area contributed by atoms with E-state index in [1.54, 1.807) is 0 Å². The third kappa shape index (κ3) is 48.2. The molecular formula is C55H107NO8. The molecule has 0 spiro atoms. The average molecular weight is 910 g/mol. The Kier molecular flexibility index (Phi) is 46.5. The number of quaternary nitrogens is 1. The van der Waals surface area contributed by atoms with E-state index in [4.69, 9.17) is 18.9 Å². The van der Waals surface area contributed by atoms with E-state index >= 15 is 0 Å². The van der Waals surface area contributed by atoms with Crippen molar-refractivity contribution in [3.8, 4) is 0 Å². The molecule has 0 saturated carbocycles. The van der Waals surface area contributed by atoms with Crippen LogP contribution in [0.15, 0.2) is 0 Å². The number of hydrogen-bond donors (Lipinski definition) is 0. The molecule has 0 amide bonds. The zero-order valence-corrected chi connectivity index (χ0v) is 43.2. The molecule has 0 aromatic rings. The minimum absolute atomic E-state index is 0.153. The Morgan fingerprint density at radius 1 is 0.406 bits per heavy atom. The smallest absolute Gasteiger partial charge is 0.306 e. The van der Waals surface area contributed by atoms with E-state index in [1.165, 1.54) is 212 Å². The molecular weight excluding hydrogens is 803 g/mol. The number of carbonyl (C=O) groups excluding carboxylic acids is 3. The predicted octanol–water partition coefficient (Wildman–Crippen LogP) is 14.3. The second kappa shape index (κ2) is 47.8. The highest BCUT2D eigenvalue weighted by Crippen LogP contribution is 2.18. The summed E-state index contributed by atoms with van der Waals surface area (Å²) >= 11 is 0. The number of unbranched alkanes of at least 4 members (excludes halogenated alkanes) is 37. The van der Waals surface area contributed by atoms with Crippen LogP contribution in [0.1, 0.15) is 277 Å². The molecule has 9 nitrogen and oxygen atoms in total. The van der Waals surface area contributed by atoms with Gasteiger partial charge in [0.2, 0.25) is 0 Å². The Morgan fingerprint density at radius 2 is 0.703 bits per heavy atom. The van der Waals surface area contributed by atoms with Gasteiger partial charge in [0.05, 0.1) is 40.3 Å². The van der Waals surface area contributed by atoms with Gasteiger partial charge in [-0.25, -0.2) is 0 Å². The Bertz CT molecular complexity index is 1020. The first-order valence-corrected chi connectivity index (χ1v) is 27.7. The van der Waals surface area contributed by atoms with E-state index < -0.39 is 24.3 Å². The second-order valence-electron chi connectivity index (χ2n) is 20.2. The molecule has 380 valence electrons. The zero-order chi connectivity index (χ0) is 47.0. The van der Waals surface area contributed by atoms with Crippen LogP contribution < -0.4 is 5.11 Å². The fraction of sp³-hybridized carbons (Fsp3) is 0.945. The molecule has 2 atom stereocenters. The number of carboxylic acids is 1. The Morgan fingerprint density at radius 3 is 1.00 bits per heavy atom. The lowest BCUT2D eigenvalue weighted by molar-refractivity contribution is -0.870. The molecule has 0 aromatic heterocycles. The molecule has 9 heteroatoms. The molecule has 0 radical (unpaired) electrons. The number of carbonyl (C=O) groups is 3. The van der Waals surface area contributed by atoms with E-state index in [1.807, 2.05) is 21.1 Å². The quantitative estimate of drug-likeness (QED) is 0.0257. The summed E-state index contributed by atoms with van der Waals surface area (Å²) in [6, 6.07) is 0. The largest absolute Gasteiger partial charge is 0.545 e. The van der Waals surface area contributed by atoms with Gasteiger partial charge in [0.25, 0.3) is 0 Å². The number of likely N-dealkylation sites (N-methyl/N-ethyl adjacent to an activating group) is 1. The van der Waals surface area contributed by atoms with Gasteiger partial charge in [-0.1, -0.05) is 251 Å². The lowest BCUT2D eigenvalue weighted by Crippen LogP contribution is -2.44. The monoisotopic (exact) mass is 910 g/mol. The zero-order valence-electron chi connectivity index (χ0n) is 43.2. The first-order valence-electron chi connectivity index (χ1n) is 27.7. The van der Waals surface area contributed by atoms with Gasteiger partial charge in [-0.05, 0) is 12.8 Å². The number of ether oxygens (including phenoxy) is 4. The van der Waals surface area contributed by atoms with Crippen LogP contribution in [0.25, 0.3) is 0 Å². The van der Waals surface area contributed by atoms with E-state index in [0.717, 1.165) is 38.5 Å². The molecule has 0 saturated heterocycles. The molecule has 0 bridgehead atoms. The summed E-state index contributed by atoms with van der Waals surface area (Å²) in [5.41, 5.74) is 0. The minimum Gasteiger partial charge on any atom is -0.545 e. The third-order valence-electron chi connectivity index (χ3n) is 12.6. The summed E-state index contributed by atoms with van der Waals surface area (Å²) in [7, 11) is 5.93. The normalized spacial score (nSPS) is 12.7. The molecule has 2 unspecified atom stereocenters. The van der Waals surface area contributed by atoms with E-state index in [9.17, 15) is 19.5 Å². The topological polar surface area (TPSA) is 111 Å². The van der Waals surface area contributed by atoms with E-state index in [0.29, 0.717) is 17.4 Å². The lowest BCUT2D eigenvalue weighted by atomic mass is 10.0. The van der Waals surface area contributed by atoms with Gasteiger partial charge >= 0.3 is 11.9 Å². The summed E-state index contributed by atoms with van der Waals surface area (Å²) in [6.45, 7) is 4.80. The average Bonchev–Trinajstić information content (AvgIpc) is 3.26. The highest BCUT2D eigenvalue weighted by Gasteiger charge is 2.22. The highest BCUT2D eigenvalue weighted by molar-refractivity contribution is 5.70. The van der Waals surface area contributed by atoms with E-state index in [2.05, 4.69) is 13.8 Å². The van der Waals surface area contributed by atoms with Gasteiger partial charge in [0.15, 0.2) is 12.4 Å². The number of nitrogens with zero attached hydrogens (tertiary/aromatic N) is 1. The van der Waals surface area contributed by atoms with Gasteiger partial charge in [-0.2, -0.15) is 0 Å². The van der Waals surface area contributed by atoms with Crippen molar-refractivity contribution in [3.63, 3.8) is 0 Å². The van der Waals surface area contributed by atoms with Crippen LogP contribution in [0, 0.1) is 0 Å². The molecule has 0 aliphatic heterocycles. The first-order chi connectivity index (χ1) is 31.1. The molecule has 0 aromatic carbocycles. The number of hydrogen-bond acceptors (Lipinski definition) is 8. The lowest BCUT2D eigenvalue weighted by Gasteiger charge is -2.26. The molecule has 0 aliphatic carbocycles. The van der Waals surface area contributed by atoms with Crippen molar-refractivity contribution in [1.29, 1.82) is 0 Å². The summed E-state index contributed by atoms with van der Waals surface area (Å²) in [6.07, 6.45) is 48.6. The molecule has 0 aliphatic rings. The molecule has 64 heavy (non-hydrogen) atoms. The van der Waals surface area contributed by atoms with Crippen LogP contribution in [0.3, 0.4) is 0 Å². The van der Waals surface area contributed by atoms with Crippen molar-refractivity contribution < 1.29 is 42.9 Å². The fourth-order valence-corrected chi connectivity index (χ4v) is 8.30. The van der Waals surface area contributed by atoms with Crippen molar-refractivity contribution in [3.05, 3.63) is 0 Å². The minimum atomic E-state index is -1.61. The fourth-order valence-electron chi connectivity index (χ4n) is 8.30. The van der Waals surface area contributed by atoms with Gasteiger partial charge < -0.3 is 33.3 Å². The standard InChI is InChI=1S/C55H107NO8/c1-6-8-10-12-14-16-18-20-22-23-24-25-26-27-28-29-30-31-32-34-36-38-40-42-44-46-53(58)64-51(50-63-55(54(59)60)61-48-47-56(3,4)5)49-62-52(57)45-43-41-39-37-35-33-21-19-17-15-13-11-9-7-2/h51,55H,6-50H2,1-5H3. The SMILES string of the molecule is CCCCCCCCCCCCCCCCCCCCCCCCCCCC(=O)OC(COC(=O)CCCCCCCCCCCCCCCC)COC(OCC[N+](C)(C)C)C(=O)[O-]. The summed E-state index contributed by atoms with van der Waals surface area (Å²) in [4.78, 5) is 37.2. The van der Waals surface area contributed by atoms with Crippen LogP contribution in [-0.4, -0.2) is 82.3 Å². The van der Waals surface area contributed by atoms with E-state index in [-0.39, 0.29) is 32.2 Å². The van der Waals surface area contributed by atoms with Crippen molar-refractivity contribution in [2.24, 2.45) is 0 Å². The maximum absolute atomic E-state index is 12.8. The van der Waals surface area contributed by atoms with Crippen LogP contribution >= 0.6 is 0 Å². The molecule has 0 fully saturated rings. The molecule has 0 N–H and O–H groups in total. The number of esters is 2. The Labute approximate surface area is 396 Å². The summed E-state index contributed by atoms with van der Waals surface area (Å²) in [5.74, 6) is -2.26. The summed E-state index contributed by atoms with van der Waals surface area (Å²) < 4.78 is 22.7. The van der Waals surface area contributed by atoms with Gasteiger partial charge in [0.1, 0.15) is 13.2 Å². The van der Waals surface area contributed by atoms with Gasteiger partial charge in [-0.15, -0.1) is 0 Å². The summed E-state index contributed by atoms with van der Waals surface area (Å²) in [5, 5.41) is 11.7. The predicted molar refractivity (Wildman–Crippen MR) is 265 cm³/mol. The van der Waals surface area contributed by atoms with Crippen molar-refractivity contribution in [2.45, 2.75) is 289 Å². The molecule has 0 rings (SSSR count). The maximum atomic E-state index is 12.8. The number of carboxylic acid groups (broad SMARTS) is 1. The maximum Gasteiger partial charge on any atom is 0.306 e. The van der Waals surface area contributed by atoms with Crippen LogP contribution in [0.2, 0.25) is 0 Å². The highest BCUT2D eigenvalue weighted by atomic mass is 16.7. The van der Waals surface area contributed by atoms with Crippen molar-refractivity contribution in [1.82, 2.24) is 0 Å². The van der Waals surface area contributed by atoms with Crippen molar-refractivity contribution in [2.75, 3.05) is 47.5 Å². The van der Waals surface area contributed by atoms with Crippen LogP contribution in [0.5, 0.6) is 0 Å². The second-order valence-corrected chi connectivity index (χ2v) is 20.2.